The van der Waals surface area contributed by atoms with Gasteiger partial charge in [-0.1, -0.05) is 51.7 Å². The van der Waals surface area contributed by atoms with Crippen molar-refractivity contribution in [2.75, 3.05) is 0 Å². The van der Waals surface area contributed by atoms with E-state index in [0.29, 0.717) is 0 Å². The molecular formula is C13H24O. The molecule has 1 unspecified atom stereocenters. The maximum atomic E-state index is 10.6. The van der Waals surface area contributed by atoms with E-state index in [9.17, 15) is 4.79 Å². The maximum absolute atomic E-state index is 10.6. The van der Waals surface area contributed by atoms with Gasteiger partial charge in [0.05, 0.1) is 0 Å². The molecule has 0 saturated heterocycles. The summed E-state index contributed by atoms with van der Waals surface area (Å²) in [4.78, 5) is 10.6. The van der Waals surface area contributed by atoms with Crippen LogP contribution in [0.25, 0.3) is 0 Å². The van der Waals surface area contributed by atoms with Gasteiger partial charge in [0, 0.05) is 5.92 Å². The van der Waals surface area contributed by atoms with E-state index in [-0.39, 0.29) is 5.92 Å². The molecule has 0 aromatic rings. The van der Waals surface area contributed by atoms with Crippen LogP contribution in [0.15, 0.2) is 11.6 Å². The predicted molar refractivity (Wildman–Crippen MR) is 62.4 cm³/mol. The Kier molecular flexibility index (Phi) is 8.61. The van der Waals surface area contributed by atoms with Crippen LogP contribution in [0.4, 0.5) is 0 Å². The average Bonchev–Trinajstić information content (AvgIpc) is 2.22. The first-order valence-electron chi connectivity index (χ1n) is 5.90. The van der Waals surface area contributed by atoms with Gasteiger partial charge in [0.25, 0.3) is 0 Å². The van der Waals surface area contributed by atoms with Gasteiger partial charge < -0.3 is 4.79 Å². The van der Waals surface area contributed by atoms with E-state index in [2.05, 4.69) is 19.9 Å². The second-order valence-electron chi connectivity index (χ2n) is 3.91. The highest BCUT2D eigenvalue weighted by Gasteiger charge is 2.03. The third-order valence-corrected chi connectivity index (χ3v) is 2.66. The van der Waals surface area contributed by atoms with E-state index in [0.717, 1.165) is 19.1 Å². The highest BCUT2D eigenvalue weighted by Crippen LogP contribution is 2.14. The summed E-state index contributed by atoms with van der Waals surface area (Å²) in [6, 6.07) is 0. The van der Waals surface area contributed by atoms with Gasteiger partial charge in [-0.25, -0.2) is 0 Å². The smallest absolute Gasteiger partial charge is 0.126 e. The molecule has 0 fully saturated rings. The van der Waals surface area contributed by atoms with Gasteiger partial charge in [0.2, 0.25) is 0 Å². The van der Waals surface area contributed by atoms with Crippen molar-refractivity contribution in [3.8, 4) is 0 Å². The molecule has 0 radical (unpaired) electrons. The van der Waals surface area contributed by atoms with Crippen molar-refractivity contribution in [3.63, 3.8) is 0 Å². The fraction of sp³-hybridized carbons (Fsp3) is 0.769. The van der Waals surface area contributed by atoms with Gasteiger partial charge in [-0.15, -0.1) is 0 Å². The van der Waals surface area contributed by atoms with Crippen LogP contribution in [0.2, 0.25) is 0 Å². The van der Waals surface area contributed by atoms with Crippen LogP contribution >= 0.6 is 0 Å². The van der Waals surface area contributed by atoms with Gasteiger partial charge >= 0.3 is 0 Å². The summed E-state index contributed by atoms with van der Waals surface area (Å²) < 4.78 is 0. The first kappa shape index (κ1) is 13.4. The van der Waals surface area contributed by atoms with Crippen LogP contribution in [-0.4, -0.2) is 6.29 Å². The Hall–Kier alpha value is -0.590. The minimum absolute atomic E-state index is 0.117. The van der Waals surface area contributed by atoms with Crippen molar-refractivity contribution in [2.45, 2.75) is 59.3 Å². The molecule has 0 amide bonds. The first-order chi connectivity index (χ1) is 6.76. The minimum atomic E-state index is 0.117. The average molecular weight is 196 g/mol. The zero-order valence-corrected chi connectivity index (χ0v) is 9.88. The predicted octanol–water partition coefficient (Wildman–Crippen LogP) is 4.13. The molecule has 1 nitrogen and oxygen atoms in total. The van der Waals surface area contributed by atoms with Gasteiger partial charge in [0.15, 0.2) is 0 Å². The number of carbonyl (C=O) groups excluding carboxylic acids is 1. The summed E-state index contributed by atoms with van der Waals surface area (Å²) in [5.74, 6) is 0.117. The highest BCUT2D eigenvalue weighted by atomic mass is 16.1. The second kappa shape index (κ2) is 8.98. The summed E-state index contributed by atoms with van der Waals surface area (Å²) in [6.45, 7) is 6.33. The summed E-state index contributed by atoms with van der Waals surface area (Å²) in [7, 11) is 0. The van der Waals surface area contributed by atoms with Gasteiger partial charge in [-0.2, -0.15) is 0 Å². The van der Waals surface area contributed by atoms with Crippen LogP contribution in [0.5, 0.6) is 0 Å². The number of allylic oxidation sites excluding steroid dienone is 2. The molecule has 0 aliphatic heterocycles. The molecule has 82 valence electrons. The molecule has 0 aromatic carbocycles. The minimum Gasteiger partial charge on any atom is -0.303 e. The van der Waals surface area contributed by atoms with Gasteiger partial charge in [0.1, 0.15) is 6.29 Å². The number of aldehydes is 1. The number of hydrogen-bond acceptors (Lipinski definition) is 1. The third kappa shape index (κ3) is 5.95. The highest BCUT2D eigenvalue weighted by molar-refractivity contribution is 5.58. The van der Waals surface area contributed by atoms with E-state index in [1.54, 1.807) is 0 Å². The van der Waals surface area contributed by atoms with Crippen LogP contribution in [0.1, 0.15) is 59.3 Å². The lowest BCUT2D eigenvalue weighted by Crippen LogP contribution is -1.99. The molecule has 0 saturated carbocycles. The standard InChI is InChI=1S/C13H24O/c1-4-6-7-8-9-10-13(5-2)12(3)11-14/h10-12H,4-9H2,1-3H3. The zero-order valence-electron chi connectivity index (χ0n) is 9.88. The Morgan fingerprint density at radius 3 is 2.43 bits per heavy atom. The summed E-state index contributed by atoms with van der Waals surface area (Å²) in [5.41, 5.74) is 1.30. The molecule has 14 heavy (non-hydrogen) atoms. The largest absolute Gasteiger partial charge is 0.303 e. The number of unbranched alkanes of at least 4 members (excludes halogenated alkanes) is 4. The fourth-order valence-electron chi connectivity index (χ4n) is 1.60. The Bertz CT molecular complexity index is 170. The van der Waals surface area contributed by atoms with E-state index >= 15 is 0 Å². The molecule has 0 bridgehead atoms. The molecular weight excluding hydrogens is 172 g/mol. The Morgan fingerprint density at radius 1 is 1.21 bits per heavy atom. The van der Waals surface area contributed by atoms with Crippen molar-refractivity contribution in [1.29, 1.82) is 0 Å². The Balaban J connectivity index is 3.75. The molecule has 1 atom stereocenters. The van der Waals surface area contributed by atoms with Crippen LogP contribution in [-0.2, 0) is 4.79 Å². The molecule has 1 heteroatoms. The Morgan fingerprint density at radius 2 is 1.93 bits per heavy atom. The lowest BCUT2D eigenvalue weighted by Gasteiger charge is -2.07. The molecule has 0 aromatic heterocycles. The quantitative estimate of drug-likeness (QED) is 0.324. The van der Waals surface area contributed by atoms with Crippen molar-refractivity contribution >= 4 is 6.29 Å². The lowest BCUT2D eigenvalue weighted by molar-refractivity contribution is -0.109. The SMILES string of the molecule is CCCCCCC=C(CC)C(C)C=O. The maximum Gasteiger partial charge on any atom is 0.126 e. The fourth-order valence-corrected chi connectivity index (χ4v) is 1.60. The van der Waals surface area contributed by atoms with Crippen molar-refractivity contribution < 1.29 is 4.79 Å². The molecule has 0 rings (SSSR count). The van der Waals surface area contributed by atoms with E-state index < -0.39 is 0 Å². The summed E-state index contributed by atoms with van der Waals surface area (Å²) >= 11 is 0. The second-order valence-corrected chi connectivity index (χ2v) is 3.91. The summed E-state index contributed by atoms with van der Waals surface area (Å²) in [6.07, 6.45) is 10.7. The van der Waals surface area contributed by atoms with Gasteiger partial charge in [-0.05, 0) is 19.3 Å². The molecule has 0 aliphatic carbocycles. The van der Waals surface area contributed by atoms with Crippen LogP contribution in [0, 0.1) is 5.92 Å². The molecule has 0 N–H and O–H groups in total. The Labute approximate surface area is 88.6 Å². The topological polar surface area (TPSA) is 17.1 Å². The van der Waals surface area contributed by atoms with Gasteiger partial charge in [-0.3, -0.25) is 0 Å². The van der Waals surface area contributed by atoms with Crippen molar-refractivity contribution in [1.82, 2.24) is 0 Å². The first-order valence-corrected chi connectivity index (χ1v) is 5.90. The van der Waals surface area contributed by atoms with E-state index in [1.807, 2.05) is 6.92 Å². The number of hydrogen-bond donors (Lipinski definition) is 0. The molecule has 0 aliphatic rings. The number of carbonyl (C=O) groups is 1. The lowest BCUT2D eigenvalue weighted by atomic mass is 9.98. The van der Waals surface area contributed by atoms with Crippen LogP contribution < -0.4 is 0 Å². The van der Waals surface area contributed by atoms with Crippen molar-refractivity contribution in [3.05, 3.63) is 11.6 Å². The van der Waals surface area contributed by atoms with E-state index in [4.69, 9.17) is 0 Å². The molecule has 0 spiro atoms. The zero-order chi connectivity index (χ0) is 10.8. The summed E-state index contributed by atoms with van der Waals surface area (Å²) in [5, 5.41) is 0. The van der Waals surface area contributed by atoms with E-state index in [1.165, 1.54) is 31.3 Å². The van der Waals surface area contributed by atoms with Crippen molar-refractivity contribution in [2.24, 2.45) is 5.92 Å². The van der Waals surface area contributed by atoms with Crippen LogP contribution in [0.3, 0.4) is 0 Å². The molecule has 0 heterocycles. The normalized spacial score (nSPS) is 14.1. The third-order valence-electron chi connectivity index (χ3n) is 2.66. The number of rotatable bonds is 8. The monoisotopic (exact) mass is 196 g/mol.